The molecule has 0 saturated heterocycles. The second kappa shape index (κ2) is 7.99. The van der Waals surface area contributed by atoms with Crippen molar-refractivity contribution < 1.29 is 19.4 Å². The Morgan fingerprint density at radius 3 is 2.67 bits per heavy atom. The van der Waals surface area contributed by atoms with Crippen molar-refractivity contribution in [3.8, 4) is 0 Å². The number of rotatable bonds is 6. The number of urea groups is 1. The molecule has 0 heterocycles. The number of halogens is 1. The summed E-state index contributed by atoms with van der Waals surface area (Å²) in [5.41, 5.74) is 0.524. The van der Waals surface area contributed by atoms with Crippen LogP contribution in [0.3, 0.4) is 0 Å². The lowest BCUT2D eigenvalue weighted by Gasteiger charge is -2.19. The lowest BCUT2D eigenvalue weighted by atomic mass is 10.2. The largest absolute Gasteiger partial charge is 0.478 e. The predicted octanol–water partition coefficient (Wildman–Crippen LogP) is 3.04. The summed E-state index contributed by atoms with van der Waals surface area (Å²) in [5.74, 6) is -1.04. The van der Waals surface area contributed by atoms with Gasteiger partial charge in [-0.1, -0.05) is 0 Å². The van der Waals surface area contributed by atoms with Gasteiger partial charge < -0.3 is 20.1 Å². The van der Waals surface area contributed by atoms with E-state index in [2.05, 4.69) is 21.2 Å². The Hall–Kier alpha value is -1.60. The summed E-state index contributed by atoms with van der Waals surface area (Å²) in [6.45, 7) is 4.74. The molecule has 0 saturated carbocycles. The topological polar surface area (TPSA) is 78.9 Å². The minimum atomic E-state index is -1.04. The Bertz CT molecular complexity index is 520. The smallest absolute Gasteiger partial charge is 0.335 e. The number of nitrogens with one attached hydrogen (secondary N) is 1. The van der Waals surface area contributed by atoms with E-state index in [1.165, 1.54) is 17.0 Å². The van der Waals surface area contributed by atoms with Crippen LogP contribution in [-0.4, -0.2) is 48.3 Å². The number of hydrogen-bond donors (Lipinski definition) is 2. The van der Waals surface area contributed by atoms with E-state index in [9.17, 15) is 9.59 Å². The fourth-order valence-electron chi connectivity index (χ4n) is 1.49. The van der Waals surface area contributed by atoms with Crippen LogP contribution >= 0.6 is 15.9 Å². The number of carbonyl (C=O) groups is 2. The SMILES string of the molecule is CC(C)OCCN(C)C(=O)Nc1cc(C(=O)O)ccc1Br. The number of amides is 2. The number of aromatic carboxylic acids is 1. The molecule has 1 aromatic rings. The van der Waals surface area contributed by atoms with Crippen LogP contribution < -0.4 is 5.32 Å². The highest BCUT2D eigenvalue weighted by molar-refractivity contribution is 9.10. The van der Waals surface area contributed by atoms with Gasteiger partial charge in [-0.15, -0.1) is 0 Å². The highest BCUT2D eigenvalue weighted by atomic mass is 79.9. The van der Waals surface area contributed by atoms with Gasteiger partial charge in [-0.3, -0.25) is 0 Å². The molecule has 0 radical (unpaired) electrons. The van der Waals surface area contributed by atoms with Gasteiger partial charge in [0.05, 0.1) is 24.0 Å². The van der Waals surface area contributed by atoms with E-state index in [1.807, 2.05) is 13.8 Å². The molecule has 0 aliphatic rings. The van der Waals surface area contributed by atoms with Gasteiger partial charge >= 0.3 is 12.0 Å². The standard InChI is InChI=1S/C14H19BrN2O4/c1-9(2)21-7-6-17(3)14(20)16-12-8-10(13(18)19)4-5-11(12)15/h4-5,8-9H,6-7H2,1-3H3,(H,16,20)(H,18,19). The Morgan fingerprint density at radius 2 is 2.10 bits per heavy atom. The lowest BCUT2D eigenvalue weighted by Crippen LogP contribution is -2.34. The summed E-state index contributed by atoms with van der Waals surface area (Å²) >= 11 is 3.28. The zero-order valence-corrected chi connectivity index (χ0v) is 13.8. The van der Waals surface area contributed by atoms with Crippen LogP contribution in [0.25, 0.3) is 0 Å². The first kappa shape index (κ1) is 17.5. The molecule has 0 atom stereocenters. The van der Waals surface area contributed by atoms with Crippen LogP contribution in [0.5, 0.6) is 0 Å². The molecule has 21 heavy (non-hydrogen) atoms. The van der Waals surface area contributed by atoms with Crippen molar-refractivity contribution in [1.82, 2.24) is 4.90 Å². The molecule has 0 bridgehead atoms. The van der Waals surface area contributed by atoms with Gasteiger partial charge in [0.2, 0.25) is 0 Å². The van der Waals surface area contributed by atoms with E-state index in [1.54, 1.807) is 13.1 Å². The quantitative estimate of drug-likeness (QED) is 0.818. The molecule has 0 spiro atoms. The predicted molar refractivity (Wildman–Crippen MR) is 83.8 cm³/mol. The monoisotopic (exact) mass is 358 g/mol. The first-order chi connectivity index (χ1) is 9.81. The van der Waals surface area contributed by atoms with Crippen LogP contribution in [0.4, 0.5) is 10.5 Å². The van der Waals surface area contributed by atoms with E-state index in [4.69, 9.17) is 9.84 Å². The Balaban J connectivity index is 2.65. The summed E-state index contributed by atoms with van der Waals surface area (Å²) in [6, 6.07) is 4.12. The molecule has 0 aliphatic heterocycles. The zero-order chi connectivity index (χ0) is 16.0. The number of carboxylic acid groups (broad SMARTS) is 1. The normalized spacial score (nSPS) is 10.5. The first-order valence-electron chi connectivity index (χ1n) is 6.47. The first-order valence-corrected chi connectivity index (χ1v) is 7.27. The number of carbonyl (C=O) groups excluding carboxylic acids is 1. The molecular formula is C14H19BrN2O4. The van der Waals surface area contributed by atoms with Crippen LogP contribution in [0.15, 0.2) is 22.7 Å². The van der Waals surface area contributed by atoms with Gasteiger partial charge in [-0.05, 0) is 48.0 Å². The van der Waals surface area contributed by atoms with E-state index in [-0.39, 0.29) is 17.7 Å². The number of ether oxygens (including phenoxy) is 1. The molecule has 1 aromatic carbocycles. The van der Waals surface area contributed by atoms with Gasteiger partial charge in [-0.25, -0.2) is 9.59 Å². The fourth-order valence-corrected chi connectivity index (χ4v) is 1.84. The van der Waals surface area contributed by atoms with Gasteiger partial charge in [0, 0.05) is 18.1 Å². The lowest BCUT2D eigenvalue weighted by molar-refractivity contribution is 0.0690. The zero-order valence-electron chi connectivity index (χ0n) is 12.2. The Kier molecular flexibility index (Phi) is 6.64. The molecular weight excluding hydrogens is 340 g/mol. The van der Waals surface area contributed by atoms with Crippen molar-refractivity contribution in [3.63, 3.8) is 0 Å². The van der Waals surface area contributed by atoms with Gasteiger partial charge in [-0.2, -0.15) is 0 Å². The third kappa shape index (κ3) is 5.73. The highest BCUT2D eigenvalue weighted by Crippen LogP contribution is 2.24. The van der Waals surface area contributed by atoms with Gasteiger partial charge in [0.1, 0.15) is 0 Å². The average molecular weight is 359 g/mol. The van der Waals surface area contributed by atoms with Crippen molar-refractivity contribution >= 4 is 33.6 Å². The van der Waals surface area contributed by atoms with E-state index < -0.39 is 5.97 Å². The van der Waals surface area contributed by atoms with Crippen molar-refractivity contribution in [1.29, 1.82) is 0 Å². The highest BCUT2D eigenvalue weighted by Gasteiger charge is 2.13. The van der Waals surface area contributed by atoms with Crippen molar-refractivity contribution in [2.45, 2.75) is 20.0 Å². The minimum absolute atomic E-state index is 0.110. The molecule has 0 aromatic heterocycles. The van der Waals surface area contributed by atoms with Crippen molar-refractivity contribution in [2.75, 3.05) is 25.5 Å². The number of anilines is 1. The summed E-state index contributed by atoms with van der Waals surface area (Å²) in [4.78, 5) is 24.4. The van der Waals surface area contributed by atoms with Crippen molar-refractivity contribution in [2.24, 2.45) is 0 Å². The van der Waals surface area contributed by atoms with Crippen LogP contribution in [0, 0.1) is 0 Å². The molecule has 7 heteroatoms. The molecule has 0 unspecified atom stereocenters. The average Bonchev–Trinajstić information content (AvgIpc) is 2.40. The fraction of sp³-hybridized carbons (Fsp3) is 0.429. The Morgan fingerprint density at radius 1 is 1.43 bits per heavy atom. The minimum Gasteiger partial charge on any atom is -0.478 e. The van der Waals surface area contributed by atoms with Gasteiger partial charge in [0.15, 0.2) is 0 Å². The molecule has 1 rings (SSSR count). The Labute approximate surface area is 132 Å². The van der Waals surface area contributed by atoms with Gasteiger partial charge in [0.25, 0.3) is 0 Å². The maximum Gasteiger partial charge on any atom is 0.335 e. The summed E-state index contributed by atoms with van der Waals surface area (Å²) in [5, 5.41) is 11.6. The van der Waals surface area contributed by atoms with E-state index in [0.717, 1.165) is 0 Å². The summed E-state index contributed by atoms with van der Waals surface area (Å²) in [7, 11) is 1.65. The third-order valence-electron chi connectivity index (χ3n) is 2.68. The maximum atomic E-state index is 12.0. The number of nitrogens with zero attached hydrogens (tertiary/aromatic N) is 1. The number of hydrogen-bond acceptors (Lipinski definition) is 3. The number of benzene rings is 1. The second-order valence-electron chi connectivity index (χ2n) is 4.77. The summed E-state index contributed by atoms with van der Waals surface area (Å²) in [6.07, 6.45) is 0.114. The third-order valence-corrected chi connectivity index (χ3v) is 3.37. The second-order valence-corrected chi connectivity index (χ2v) is 5.63. The van der Waals surface area contributed by atoms with Crippen LogP contribution in [0.2, 0.25) is 0 Å². The van der Waals surface area contributed by atoms with Crippen LogP contribution in [-0.2, 0) is 4.74 Å². The molecule has 2 amide bonds. The molecule has 0 aliphatic carbocycles. The van der Waals surface area contributed by atoms with E-state index in [0.29, 0.717) is 23.3 Å². The van der Waals surface area contributed by atoms with E-state index >= 15 is 0 Å². The number of likely N-dealkylation sites (N-methyl/N-ethyl adjacent to an activating group) is 1. The van der Waals surface area contributed by atoms with Crippen LogP contribution in [0.1, 0.15) is 24.2 Å². The number of carboxylic acids is 1. The molecule has 116 valence electrons. The maximum absolute atomic E-state index is 12.0. The van der Waals surface area contributed by atoms with Crippen molar-refractivity contribution in [3.05, 3.63) is 28.2 Å². The molecule has 0 fully saturated rings. The molecule has 2 N–H and O–H groups in total. The summed E-state index contributed by atoms with van der Waals surface area (Å²) < 4.78 is 6.00. The molecule has 6 nitrogen and oxygen atoms in total.